The van der Waals surface area contributed by atoms with Crippen molar-refractivity contribution >= 4 is 77.2 Å². The van der Waals surface area contributed by atoms with E-state index in [2.05, 4.69) is 278 Å². The van der Waals surface area contributed by atoms with Crippen LogP contribution < -0.4 is 9.80 Å². The molecule has 1 aliphatic rings. The minimum Gasteiger partial charge on any atom is -0.310 e. The first-order valence-electron chi connectivity index (χ1n) is 24.0. The molecule has 0 saturated heterocycles. The van der Waals surface area contributed by atoms with Crippen LogP contribution in [0.5, 0.6) is 0 Å². The molecular formula is C67H48N2. The number of hydrogen-bond acceptors (Lipinski definition) is 2. The monoisotopic (exact) mass is 880 g/mol. The average Bonchev–Trinajstić information content (AvgIpc) is 3.63. The highest BCUT2D eigenvalue weighted by atomic mass is 15.1. The van der Waals surface area contributed by atoms with Gasteiger partial charge in [0.05, 0.1) is 0 Å². The SMILES string of the molecule is CC1(C)c2cc(-c3ccc(N(c4ccc5ccccc5c4)c4ccc5ccccc5c4)cc3)ccc2-c2ccc(-c3ccc(N(c4ccc5ccccc5c4)c4ccc5ccccc5c4)cc3)cc21. The summed E-state index contributed by atoms with van der Waals surface area (Å²) in [6, 6.07) is 93.8. The standard InChI is InChI=1S/C67H48N2/c1-67(2)65-43-55(49-19-29-57(30-20-49)68(59-33-23-45-11-3-7-15-51(45)39-59)60-34-24-46-12-4-8-16-52(46)40-60)27-37-63(65)64-38-28-56(44-66(64)67)50-21-31-58(32-22-50)69(61-35-25-47-13-5-9-17-53(47)41-61)62-36-26-48-14-6-10-18-54(48)42-62/h3-44H,1-2H3. The zero-order valence-electron chi connectivity index (χ0n) is 38.6. The molecule has 12 aromatic rings. The van der Waals surface area contributed by atoms with Gasteiger partial charge < -0.3 is 9.80 Å². The lowest BCUT2D eigenvalue weighted by molar-refractivity contribution is 0.661. The molecule has 0 bridgehead atoms. The van der Waals surface area contributed by atoms with Gasteiger partial charge in [0.1, 0.15) is 0 Å². The summed E-state index contributed by atoms with van der Waals surface area (Å²) in [5.74, 6) is 0. The first-order chi connectivity index (χ1) is 33.9. The molecule has 0 atom stereocenters. The zero-order chi connectivity index (χ0) is 46.1. The number of benzene rings is 12. The summed E-state index contributed by atoms with van der Waals surface area (Å²) in [7, 11) is 0. The fraction of sp³-hybridized carbons (Fsp3) is 0.0448. The van der Waals surface area contributed by atoms with E-state index in [4.69, 9.17) is 0 Å². The molecule has 2 heteroatoms. The van der Waals surface area contributed by atoms with Gasteiger partial charge in [0, 0.05) is 39.5 Å². The van der Waals surface area contributed by atoms with Crippen molar-refractivity contribution < 1.29 is 0 Å². The molecule has 0 spiro atoms. The molecular weight excluding hydrogens is 833 g/mol. The third-order valence-electron chi connectivity index (χ3n) is 14.6. The molecule has 0 heterocycles. The molecule has 13 rings (SSSR count). The Morgan fingerprint density at radius 1 is 0.232 bits per heavy atom. The largest absolute Gasteiger partial charge is 0.310 e. The van der Waals surface area contributed by atoms with Crippen LogP contribution in [0.2, 0.25) is 0 Å². The fourth-order valence-corrected chi connectivity index (χ4v) is 10.9. The van der Waals surface area contributed by atoms with Crippen LogP contribution in [0, 0.1) is 0 Å². The van der Waals surface area contributed by atoms with E-state index in [0.29, 0.717) is 0 Å². The summed E-state index contributed by atoms with van der Waals surface area (Å²) in [4.78, 5) is 4.75. The van der Waals surface area contributed by atoms with Crippen LogP contribution in [0.25, 0.3) is 76.5 Å². The van der Waals surface area contributed by atoms with E-state index >= 15 is 0 Å². The molecule has 0 aromatic heterocycles. The zero-order valence-corrected chi connectivity index (χ0v) is 38.6. The van der Waals surface area contributed by atoms with E-state index in [1.54, 1.807) is 0 Å². The Morgan fingerprint density at radius 2 is 0.493 bits per heavy atom. The van der Waals surface area contributed by atoms with Crippen molar-refractivity contribution in [2.75, 3.05) is 9.80 Å². The molecule has 0 amide bonds. The Kier molecular flexibility index (Phi) is 9.55. The fourth-order valence-electron chi connectivity index (χ4n) is 10.9. The summed E-state index contributed by atoms with van der Waals surface area (Å²) < 4.78 is 0. The van der Waals surface area contributed by atoms with Crippen LogP contribution in [-0.4, -0.2) is 0 Å². The second kappa shape index (κ2) is 16.3. The quantitative estimate of drug-likeness (QED) is 0.150. The van der Waals surface area contributed by atoms with E-state index < -0.39 is 0 Å². The van der Waals surface area contributed by atoms with Crippen LogP contribution in [0.15, 0.2) is 255 Å². The van der Waals surface area contributed by atoms with E-state index in [1.807, 2.05) is 0 Å². The van der Waals surface area contributed by atoms with Gasteiger partial charge >= 0.3 is 0 Å². The molecule has 0 saturated carbocycles. The van der Waals surface area contributed by atoms with E-state index in [1.165, 1.54) is 87.6 Å². The Bertz CT molecular complexity index is 3520. The maximum Gasteiger partial charge on any atom is 0.0468 e. The normalized spacial score (nSPS) is 12.6. The molecule has 1 aliphatic carbocycles. The van der Waals surface area contributed by atoms with Gasteiger partial charge in [-0.05, 0) is 173 Å². The topological polar surface area (TPSA) is 6.48 Å². The van der Waals surface area contributed by atoms with Crippen molar-refractivity contribution in [1.29, 1.82) is 0 Å². The summed E-state index contributed by atoms with van der Waals surface area (Å²) in [6.45, 7) is 4.76. The van der Waals surface area contributed by atoms with Gasteiger partial charge in [0.25, 0.3) is 0 Å². The molecule has 326 valence electrons. The van der Waals surface area contributed by atoms with Crippen LogP contribution in [0.4, 0.5) is 34.1 Å². The molecule has 69 heavy (non-hydrogen) atoms. The number of anilines is 6. The molecule has 0 fully saturated rings. The smallest absolute Gasteiger partial charge is 0.0468 e. The summed E-state index contributed by atoms with van der Waals surface area (Å²) in [5.41, 5.74) is 16.8. The molecule has 2 nitrogen and oxygen atoms in total. The highest BCUT2D eigenvalue weighted by Crippen LogP contribution is 2.51. The predicted octanol–water partition coefficient (Wildman–Crippen LogP) is 18.9. The van der Waals surface area contributed by atoms with Crippen LogP contribution in [0.3, 0.4) is 0 Å². The Hall–Kier alpha value is -8.72. The van der Waals surface area contributed by atoms with Crippen LogP contribution in [-0.2, 0) is 5.41 Å². The maximum atomic E-state index is 2.43. The predicted molar refractivity (Wildman–Crippen MR) is 294 cm³/mol. The van der Waals surface area contributed by atoms with Crippen molar-refractivity contribution in [3.63, 3.8) is 0 Å². The van der Waals surface area contributed by atoms with Gasteiger partial charge in [0.2, 0.25) is 0 Å². The van der Waals surface area contributed by atoms with Gasteiger partial charge in [-0.15, -0.1) is 0 Å². The molecule has 0 N–H and O–H groups in total. The van der Waals surface area contributed by atoms with Crippen LogP contribution in [0.1, 0.15) is 25.0 Å². The number of nitrogens with zero attached hydrogens (tertiary/aromatic N) is 2. The van der Waals surface area contributed by atoms with Crippen LogP contribution >= 0.6 is 0 Å². The third-order valence-corrected chi connectivity index (χ3v) is 14.6. The molecule has 0 unspecified atom stereocenters. The number of fused-ring (bicyclic) bond motifs is 7. The highest BCUT2D eigenvalue weighted by Gasteiger charge is 2.36. The minimum absolute atomic E-state index is 0.178. The summed E-state index contributed by atoms with van der Waals surface area (Å²) >= 11 is 0. The second-order valence-electron chi connectivity index (χ2n) is 19.0. The Morgan fingerprint density at radius 3 is 0.797 bits per heavy atom. The van der Waals surface area contributed by atoms with Gasteiger partial charge in [-0.2, -0.15) is 0 Å². The van der Waals surface area contributed by atoms with E-state index in [-0.39, 0.29) is 5.41 Å². The summed E-state index contributed by atoms with van der Waals surface area (Å²) in [6.07, 6.45) is 0. The molecule has 0 radical (unpaired) electrons. The average molecular weight is 881 g/mol. The van der Waals surface area contributed by atoms with Crippen molar-refractivity contribution in [2.45, 2.75) is 19.3 Å². The highest BCUT2D eigenvalue weighted by molar-refractivity contribution is 5.95. The molecule has 0 aliphatic heterocycles. The maximum absolute atomic E-state index is 2.43. The van der Waals surface area contributed by atoms with Gasteiger partial charge in [-0.1, -0.05) is 184 Å². The van der Waals surface area contributed by atoms with Gasteiger partial charge in [-0.25, -0.2) is 0 Å². The van der Waals surface area contributed by atoms with Crippen molar-refractivity contribution in [3.05, 3.63) is 266 Å². The lowest BCUT2D eigenvalue weighted by atomic mass is 9.81. The van der Waals surface area contributed by atoms with Gasteiger partial charge in [0.15, 0.2) is 0 Å². The van der Waals surface area contributed by atoms with Gasteiger partial charge in [-0.3, -0.25) is 0 Å². The minimum atomic E-state index is -0.178. The van der Waals surface area contributed by atoms with E-state index in [9.17, 15) is 0 Å². The summed E-state index contributed by atoms with van der Waals surface area (Å²) in [5, 5.41) is 9.84. The van der Waals surface area contributed by atoms with Crippen molar-refractivity contribution in [3.8, 4) is 33.4 Å². The third kappa shape index (κ3) is 7.12. The molecule has 12 aromatic carbocycles. The lowest BCUT2D eigenvalue weighted by Crippen LogP contribution is -2.15. The number of hydrogen-bond donors (Lipinski definition) is 0. The first kappa shape index (κ1) is 40.5. The second-order valence-corrected chi connectivity index (χ2v) is 19.0. The van der Waals surface area contributed by atoms with Crippen molar-refractivity contribution in [2.24, 2.45) is 0 Å². The first-order valence-corrected chi connectivity index (χ1v) is 24.0. The Labute approximate surface area is 403 Å². The lowest BCUT2D eigenvalue weighted by Gasteiger charge is -2.26. The van der Waals surface area contributed by atoms with E-state index in [0.717, 1.165) is 34.1 Å². The Balaban J connectivity index is 0.810. The van der Waals surface area contributed by atoms with Crippen molar-refractivity contribution in [1.82, 2.24) is 0 Å². The number of rotatable bonds is 8.